The predicted octanol–water partition coefficient (Wildman–Crippen LogP) is 5.53. The smallest absolute Gasteiger partial charge is 0.341 e. The molecule has 0 spiro atoms. The Morgan fingerprint density at radius 3 is 2.50 bits per heavy atom. The number of amides is 1. The zero-order valence-electron chi connectivity index (χ0n) is 19.2. The number of rotatable bonds is 7. The largest absolute Gasteiger partial charge is 0.465 e. The van der Waals surface area contributed by atoms with E-state index in [0.29, 0.717) is 21.5 Å². The van der Waals surface area contributed by atoms with E-state index in [1.54, 1.807) is 11.4 Å². The molecule has 4 rings (SSSR count). The van der Waals surface area contributed by atoms with Gasteiger partial charge in [-0.2, -0.15) is 0 Å². The van der Waals surface area contributed by atoms with Crippen molar-refractivity contribution < 1.29 is 18.7 Å². The van der Waals surface area contributed by atoms with Crippen LogP contribution in [0.1, 0.15) is 34.6 Å². The highest BCUT2D eigenvalue weighted by Crippen LogP contribution is 2.36. The number of ether oxygens (including phenoxy) is 1. The molecule has 0 unspecified atom stereocenters. The Kier molecular flexibility index (Phi) is 6.79. The Hall–Kier alpha value is -3.91. The molecule has 8 heteroatoms. The summed E-state index contributed by atoms with van der Waals surface area (Å²) in [5.74, 6) is -1.08. The second kappa shape index (κ2) is 9.93. The highest BCUT2D eigenvalue weighted by atomic mass is 32.1. The molecule has 2 aromatic carbocycles. The molecule has 7 nitrogen and oxygen atoms in total. The number of esters is 1. The van der Waals surface area contributed by atoms with Crippen LogP contribution in [0.15, 0.2) is 64.4 Å². The van der Waals surface area contributed by atoms with E-state index in [4.69, 9.17) is 14.6 Å². The van der Waals surface area contributed by atoms with Crippen LogP contribution in [-0.4, -0.2) is 32.1 Å². The third-order valence-corrected chi connectivity index (χ3v) is 6.51. The van der Waals surface area contributed by atoms with Crippen molar-refractivity contribution in [2.45, 2.75) is 13.8 Å². The lowest BCUT2D eigenvalue weighted by molar-refractivity contribution is 0.0603. The number of benzene rings is 2. The summed E-state index contributed by atoms with van der Waals surface area (Å²) >= 11 is 1.23. The van der Waals surface area contributed by atoms with Crippen LogP contribution in [0.4, 0.5) is 10.7 Å². The molecule has 0 fully saturated rings. The van der Waals surface area contributed by atoms with Gasteiger partial charge < -0.3 is 19.4 Å². The average Bonchev–Trinajstić information content (AvgIpc) is 3.27. The molecule has 2 N–H and O–H groups in total. The lowest BCUT2D eigenvalue weighted by Crippen LogP contribution is -2.22. The van der Waals surface area contributed by atoms with Gasteiger partial charge in [-0.3, -0.25) is 10.2 Å². The SMILES string of the molecule is CCN(CC)c1ccc2cc(C(=O)Nc3scc(-c4ccccc4)c3C(=O)OC)c(=N)oc2c1. The first-order chi connectivity index (χ1) is 16.5. The number of hydrogen-bond acceptors (Lipinski definition) is 7. The van der Waals surface area contributed by atoms with Gasteiger partial charge in [-0.1, -0.05) is 30.3 Å². The van der Waals surface area contributed by atoms with Crippen molar-refractivity contribution in [3.63, 3.8) is 0 Å². The molecule has 0 radical (unpaired) electrons. The van der Waals surface area contributed by atoms with Gasteiger partial charge in [-0.25, -0.2) is 4.79 Å². The van der Waals surface area contributed by atoms with Crippen LogP contribution in [0.25, 0.3) is 22.1 Å². The molecule has 34 heavy (non-hydrogen) atoms. The van der Waals surface area contributed by atoms with Crippen molar-refractivity contribution in [1.29, 1.82) is 5.41 Å². The summed E-state index contributed by atoms with van der Waals surface area (Å²) in [5, 5.41) is 13.9. The summed E-state index contributed by atoms with van der Waals surface area (Å²) in [6, 6.07) is 16.8. The first-order valence-electron chi connectivity index (χ1n) is 10.9. The molecule has 174 valence electrons. The normalized spacial score (nSPS) is 10.8. The first kappa shape index (κ1) is 23.3. The Morgan fingerprint density at radius 1 is 1.09 bits per heavy atom. The van der Waals surface area contributed by atoms with Gasteiger partial charge in [0.15, 0.2) is 0 Å². The van der Waals surface area contributed by atoms with Crippen LogP contribution in [0.2, 0.25) is 0 Å². The first-order valence-corrected chi connectivity index (χ1v) is 11.8. The maximum absolute atomic E-state index is 13.1. The van der Waals surface area contributed by atoms with Gasteiger partial charge >= 0.3 is 5.97 Å². The number of carbonyl (C=O) groups is 2. The van der Waals surface area contributed by atoms with Crippen LogP contribution in [0.5, 0.6) is 0 Å². The second-order valence-electron chi connectivity index (χ2n) is 7.55. The topological polar surface area (TPSA) is 95.6 Å². The predicted molar refractivity (Wildman–Crippen MR) is 135 cm³/mol. The fraction of sp³-hybridized carbons (Fsp3) is 0.192. The van der Waals surface area contributed by atoms with Crippen LogP contribution in [-0.2, 0) is 4.74 Å². The van der Waals surface area contributed by atoms with E-state index >= 15 is 0 Å². The summed E-state index contributed by atoms with van der Waals surface area (Å²) < 4.78 is 10.7. The molecule has 0 aliphatic heterocycles. The molecule has 0 saturated heterocycles. The van der Waals surface area contributed by atoms with E-state index < -0.39 is 11.9 Å². The molecule has 2 aromatic heterocycles. The van der Waals surface area contributed by atoms with Crippen molar-refractivity contribution in [1.82, 2.24) is 0 Å². The number of anilines is 2. The molecule has 2 heterocycles. The number of methoxy groups -OCH3 is 1. The second-order valence-corrected chi connectivity index (χ2v) is 8.43. The van der Waals surface area contributed by atoms with Crippen molar-refractivity contribution >= 4 is 44.9 Å². The molecule has 4 aromatic rings. The Balaban J connectivity index is 1.69. The third-order valence-electron chi connectivity index (χ3n) is 5.62. The minimum absolute atomic E-state index is 0.0774. The molecule has 0 atom stereocenters. The van der Waals surface area contributed by atoms with Crippen LogP contribution < -0.4 is 15.8 Å². The summed E-state index contributed by atoms with van der Waals surface area (Å²) in [5.41, 5.74) is 3.14. The molecule has 0 aliphatic rings. The summed E-state index contributed by atoms with van der Waals surface area (Å²) in [4.78, 5) is 27.8. The molecule has 0 aliphatic carbocycles. The van der Waals surface area contributed by atoms with Crippen LogP contribution >= 0.6 is 11.3 Å². The van der Waals surface area contributed by atoms with Gasteiger partial charge in [0, 0.05) is 41.2 Å². The zero-order chi connectivity index (χ0) is 24.2. The van der Waals surface area contributed by atoms with Gasteiger partial charge in [0.1, 0.15) is 21.7 Å². The van der Waals surface area contributed by atoms with Crippen molar-refractivity contribution in [2.75, 3.05) is 30.4 Å². The Morgan fingerprint density at radius 2 is 1.82 bits per heavy atom. The maximum Gasteiger partial charge on any atom is 0.341 e. The number of thiophene rings is 1. The van der Waals surface area contributed by atoms with Gasteiger partial charge in [-0.15, -0.1) is 11.3 Å². The highest BCUT2D eigenvalue weighted by Gasteiger charge is 2.23. The van der Waals surface area contributed by atoms with E-state index in [1.165, 1.54) is 18.4 Å². The van der Waals surface area contributed by atoms with Crippen molar-refractivity contribution in [3.8, 4) is 11.1 Å². The third kappa shape index (κ3) is 4.45. The van der Waals surface area contributed by atoms with Gasteiger partial charge in [-0.05, 0) is 37.6 Å². The lowest BCUT2D eigenvalue weighted by Gasteiger charge is -2.21. The van der Waals surface area contributed by atoms with Crippen LogP contribution in [0.3, 0.4) is 0 Å². The Labute approximate surface area is 201 Å². The standard InChI is InChI=1S/C26H25N3O4S/c1-4-29(5-2)18-12-11-17-13-19(23(27)33-21(17)14-18)24(30)28-25-22(26(31)32-3)20(15-34-25)16-9-7-6-8-10-16/h6-15,27H,4-5H2,1-3H3,(H,28,30). The van der Waals surface area contributed by atoms with Gasteiger partial charge in [0.2, 0.25) is 5.55 Å². The van der Waals surface area contributed by atoms with E-state index in [0.717, 1.165) is 24.3 Å². The zero-order valence-corrected chi connectivity index (χ0v) is 20.0. The molecule has 0 bridgehead atoms. The summed E-state index contributed by atoms with van der Waals surface area (Å²) in [6.45, 7) is 5.85. The molecular weight excluding hydrogens is 450 g/mol. The summed E-state index contributed by atoms with van der Waals surface area (Å²) in [7, 11) is 1.30. The van der Waals surface area contributed by atoms with E-state index in [1.807, 2.05) is 48.5 Å². The van der Waals surface area contributed by atoms with Crippen molar-refractivity contribution in [3.05, 3.63) is 76.7 Å². The molecule has 0 saturated carbocycles. The average molecular weight is 476 g/mol. The van der Waals surface area contributed by atoms with E-state index in [-0.39, 0.29) is 16.7 Å². The lowest BCUT2D eigenvalue weighted by atomic mass is 10.0. The van der Waals surface area contributed by atoms with Gasteiger partial charge in [0.25, 0.3) is 5.91 Å². The molecule has 1 amide bonds. The fourth-order valence-corrected chi connectivity index (χ4v) is 4.78. The van der Waals surface area contributed by atoms with Crippen molar-refractivity contribution in [2.24, 2.45) is 0 Å². The van der Waals surface area contributed by atoms with Gasteiger partial charge in [0.05, 0.1) is 7.11 Å². The number of carbonyl (C=O) groups excluding carboxylic acids is 2. The number of nitrogens with zero attached hydrogens (tertiary/aromatic N) is 1. The Bertz CT molecular complexity index is 1400. The minimum Gasteiger partial charge on any atom is -0.465 e. The highest BCUT2D eigenvalue weighted by molar-refractivity contribution is 7.15. The van der Waals surface area contributed by atoms with E-state index in [9.17, 15) is 9.59 Å². The van der Waals surface area contributed by atoms with E-state index in [2.05, 4.69) is 24.1 Å². The quantitative estimate of drug-likeness (QED) is 0.343. The minimum atomic E-state index is -0.548. The molecular formula is C26H25N3O4S. The monoisotopic (exact) mass is 475 g/mol. The summed E-state index contributed by atoms with van der Waals surface area (Å²) in [6.07, 6.45) is 0. The fourth-order valence-electron chi connectivity index (χ4n) is 3.83. The number of fused-ring (bicyclic) bond motifs is 1. The number of hydrogen-bond donors (Lipinski definition) is 2. The number of nitrogens with one attached hydrogen (secondary N) is 2. The van der Waals surface area contributed by atoms with Crippen LogP contribution in [0, 0.1) is 5.41 Å². The maximum atomic E-state index is 13.1.